The minimum Gasteiger partial charge on any atom is -0.481 e. The van der Waals surface area contributed by atoms with Crippen LogP contribution in [-0.2, 0) is 14.8 Å². The third-order valence-electron chi connectivity index (χ3n) is 3.51. The van der Waals surface area contributed by atoms with Crippen molar-refractivity contribution in [2.24, 2.45) is 5.92 Å². The van der Waals surface area contributed by atoms with Crippen molar-refractivity contribution in [1.82, 2.24) is 4.72 Å². The van der Waals surface area contributed by atoms with Crippen molar-refractivity contribution < 1.29 is 22.7 Å². The van der Waals surface area contributed by atoms with Gasteiger partial charge in [0.05, 0.1) is 16.4 Å². The van der Waals surface area contributed by atoms with Crippen LogP contribution in [0.3, 0.4) is 0 Å². The van der Waals surface area contributed by atoms with Crippen LogP contribution >= 0.6 is 0 Å². The second-order valence-electron chi connectivity index (χ2n) is 4.86. The van der Waals surface area contributed by atoms with Crippen molar-refractivity contribution in [2.75, 3.05) is 0 Å². The van der Waals surface area contributed by atoms with E-state index in [0.717, 1.165) is 18.2 Å². The van der Waals surface area contributed by atoms with Crippen LogP contribution in [0.2, 0.25) is 0 Å². The Labute approximate surface area is 121 Å². The number of nitrogens with zero attached hydrogens (tertiary/aromatic N) is 1. The zero-order chi connectivity index (χ0) is 15.6. The zero-order valence-corrected chi connectivity index (χ0v) is 11.7. The summed E-state index contributed by atoms with van der Waals surface area (Å²) in [6.45, 7) is 0. The largest absolute Gasteiger partial charge is 0.481 e. The highest BCUT2D eigenvalue weighted by Crippen LogP contribution is 2.27. The molecule has 8 heteroatoms. The third kappa shape index (κ3) is 3.20. The van der Waals surface area contributed by atoms with Crippen LogP contribution in [0.4, 0.5) is 4.39 Å². The number of carboxylic acid groups (broad SMARTS) is 1. The molecule has 1 saturated carbocycles. The topological polar surface area (TPSA) is 107 Å². The Morgan fingerprint density at radius 3 is 2.76 bits per heavy atom. The zero-order valence-electron chi connectivity index (χ0n) is 10.9. The van der Waals surface area contributed by atoms with Gasteiger partial charge in [0.25, 0.3) is 0 Å². The van der Waals surface area contributed by atoms with Gasteiger partial charge >= 0.3 is 5.97 Å². The number of nitriles is 1. The van der Waals surface area contributed by atoms with Gasteiger partial charge in [-0.3, -0.25) is 4.79 Å². The van der Waals surface area contributed by atoms with Gasteiger partial charge in [0.1, 0.15) is 11.9 Å². The van der Waals surface area contributed by atoms with E-state index in [4.69, 9.17) is 10.4 Å². The fourth-order valence-electron chi connectivity index (χ4n) is 2.42. The highest BCUT2D eigenvalue weighted by Gasteiger charge is 2.35. The summed E-state index contributed by atoms with van der Waals surface area (Å²) in [4.78, 5) is 10.8. The number of aliphatic carboxylic acids is 1. The summed E-state index contributed by atoms with van der Waals surface area (Å²) < 4.78 is 39.9. The Balaban J connectivity index is 2.27. The Hall–Kier alpha value is -1.98. The predicted molar refractivity (Wildman–Crippen MR) is 70.2 cm³/mol. The normalized spacial score (nSPS) is 21.9. The summed E-state index contributed by atoms with van der Waals surface area (Å²) in [5, 5.41) is 17.8. The molecule has 1 aliphatic carbocycles. The molecule has 2 unspecified atom stereocenters. The maximum Gasteiger partial charge on any atom is 0.308 e. The van der Waals surface area contributed by atoms with E-state index in [1.807, 2.05) is 0 Å². The first-order chi connectivity index (χ1) is 9.85. The van der Waals surface area contributed by atoms with Gasteiger partial charge in [0.2, 0.25) is 10.0 Å². The number of benzene rings is 1. The summed E-state index contributed by atoms with van der Waals surface area (Å²) >= 11 is 0. The predicted octanol–water partition coefficient (Wildman–Crippen LogP) is 1.23. The molecule has 2 rings (SSSR count). The van der Waals surface area contributed by atoms with E-state index in [-0.39, 0.29) is 10.5 Å². The van der Waals surface area contributed by atoms with E-state index >= 15 is 0 Å². The lowest BCUT2D eigenvalue weighted by molar-refractivity contribution is -0.141. The summed E-state index contributed by atoms with van der Waals surface area (Å²) in [6, 6.07) is 3.75. The van der Waals surface area contributed by atoms with Gasteiger partial charge in [-0.1, -0.05) is 6.42 Å². The molecular weight excluding hydrogens is 299 g/mol. The summed E-state index contributed by atoms with van der Waals surface area (Å²) in [5.41, 5.74) is -0.376. The van der Waals surface area contributed by atoms with E-state index in [0.29, 0.717) is 19.3 Å². The number of rotatable bonds is 4. The van der Waals surface area contributed by atoms with Gasteiger partial charge in [-0.2, -0.15) is 5.26 Å². The molecule has 1 fully saturated rings. The van der Waals surface area contributed by atoms with Crippen molar-refractivity contribution in [3.05, 3.63) is 29.6 Å². The first kappa shape index (κ1) is 15.4. The van der Waals surface area contributed by atoms with Gasteiger partial charge in [-0.25, -0.2) is 17.5 Å². The van der Waals surface area contributed by atoms with Gasteiger partial charge in [0.15, 0.2) is 0 Å². The number of carboxylic acids is 1. The summed E-state index contributed by atoms with van der Waals surface area (Å²) in [5.74, 6) is -2.62. The fourth-order valence-corrected chi connectivity index (χ4v) is 3.76. The molecule has 0 aromatic heterocycles. The number of halogens is 1. The highest BCUT2D eigenvalue weighted by atomic mass is 32.2. The average molecular weight is 312 g/mol. The molecule has 1 aromatic rings. The Bertz CT molecular complexity index is 711. The van der Waals surface area contributed by atoms with E-state index in [9.17, 15) is 17.6 Å². The number of nitrogens with one attached hydrogen (secondary N) is 1. The van der Waals surface area contributed by atoms with Crippen molar-refractivity contribution >= 4 is 16.0 Å². The number of hydrogen-bond donors (Lipinski definition) is 2. The average Bonchev–Trinajstić information content (AvgIpc) is 2.86. The molecule has 1 aromatic carbocycles. The van der Waals surface area contributed by atoms with Crippen molar-refractivity contribution in [3.8, 4) is 6.07 Å². The van der Waals surface area contributed by atoms with Crippen LogP contribution in [0.5, 0.6) is 0 Å². The molecule has 0 bridgehead atoms. The lowest BCUT2D eigenvalue weighted by Crippen LogP contribution is -2.40. The summed E-state index contributed by atoms with van der Waals surface area (Å²) in [7, 11) is -3.99. The molecule has 0 radical (unpaired) electrons. The SMILES string of the molecule is N#Cc1cc(S(=O)(=O)NC2CCCC2C(=O)O)ccc1F. The molecule has 6 nitrogen and oxygen atoms in total. The van der Waals surface area contributed by atoms with E-state index < -0.39 is 33.8 Å². The maximum absolute atomic E-state index is 13.2. The molecule has 0 heterocycles. The molecule has 0 aliphatic heterocycles. The Morgan fingerprint density at radius 1 is 1.43 bits per heavy atom. The minimum absolute atomic E-state index is 0.253. The van der Waals surface area contributed by atoms with Crippen LogP contribution < -0.4 is 4.72 Å². The first-order valence-electron chi connectivity index (χ1n) is 6.30. The summed E-state index contributed by atoms with van der Waals surface area (Å²) in [6.07, 6.45) is 1.47. The van der Waals surface area contributed by atoms with Crippen LogP contribution in [0.25, 0.3) is 0 Å². The third-order valence-corrected chi connectivity index (χ3v) is 5.00. The smallest absolute Gasteiger partial charge is 0.308 e. The molecule has 2 atom stereocenters. The second kappa shape index (κ2) is 5.79. The maximum atomic E-state index is 13.2. The monoisotopic (exact) mass is 312 g/mol. The molecule has 2 N–H and O–H groups in total. The standard InChI is InChI=1S/C13H13FN2O4S/c14-11-5-4-9(6-8(11)7-15)21(19,20)16-12-3-1-2-10(12)13(17)18/h4-6,10,12,16H,1-3H2,(H,17,18). The first-order valence-corrected chi connectivity index (χ1v) is 7.78. The van der Waals surface area contributed by atoms with Crippen LogP contribution in [0.15, 0.2) is 23.1 Å². The van der Waals surface area contributed by atoms with Crippen molar-refractivity contribution in [2.45, 2.75) is 30.2 Å². The van der Waals surface area contributed by atoms with Gasteiger partial charge in [-0.15, -0.1) is 0 Å². The molecule has 0 saturated heterocycles. The number of hydrogen-bond acceptors (Lipinski definition) is 4. The van der Waals surface area contributed by atoms with Crippen LogP contribution in [0.1, 0.15) is 24.8 Å². The van der Waals surface area contributed by atoms with Crippen molar-refractivity contribution in [3.63, 3.8) is 0 Å². The molecular formula is C13H13FN2O4S. The highest BCUT2D eigenvalue weighted by molar-refractivity contribution is 7.89. The Kier molecular flexibility index (Phi) is 4.25. The number of carbonyl (C=O) groups is 1. The van der Waals surface area contributed by atoms with Crippen molar-refractivity contribution in [1.29, 1.82) is 5.26 Å². The second-order valence-corrected chi connectivity index (χ2v) is 6.57. The van der Waals surface area contributed by atoms with Gasteiger partial charge < -0.3 is 5.11 Å². The molecule has 112 valence electrons. The molecule has 0 spiro atoms. The lowest BCUT2D eigenvalue weighted by Gasteiger charge is -2.17. The van der Waals surface area contributed by atoms with Crippen LogP contribution in [-0.4, -0.2) is 25.5 Å². The Morgan fingerprint density at radius 2 is 2.14 bits per heavy atom. The van der Waals surface area contributed by atoms with Gasteiger partial charge in [0, 0.05) is 6.04 Å². The quantitative estimate of drug-likeness (QED) is 0.869. The molecule has 0 amide bonds. The van der Waals surface area contributed by atoms with Gasteiger partial charge in [-0.05, 0) is 31.0 Å². The van der Waals surface area contributed by atoms with E-state index in [1.54, 1.807) is 6.07 Å². The molecule has 21 heavy (non-hydrogen) atoms. The van der Waals surface area contributed by atoms with Crippen LogP contribution in [0, 0.1) is 23.1 Å². The van der Waals surface area contributed by atoms with E-state index in [1.165, 1.54) is 0 Å². The lowest BCUT2D eigenvalue weighted by atomic mass is 10.1. The number of sulfonamides is 1. The minimum atomic E-state index is -3.99. The van der Waals surface area contributed by atoms with E-state index in [2.05, 4.69) is 4.72 Å². The molecule has 1 aliphatic rings. The fraction of sp³-hybridized carbons (Fsp3) is 0.385.